The van der Waals surface area contributed by atoms with Crippen molar-refractivity contribution in [3.8, 4) is 0 Å². The first-order valence-corrected chi connectivity index (χ1v) is 8.78. The lowest BCUT2D eigenvalue weighted by Gasteiger charge is -2.31. The zero-order valence-corrected chi connectivity index (χ0v) is 14.9. The zero-order valence-electron chi connectivity index (χ0n) is 14.9. The summed E-state index contributed by atoms with van der Waals surface area (Å²) in [6.07, 6.45) is 5.24. The van der Waals surface area contributed by atoms with Gasteiger partial charge in [0.1, 0.15) is 0 Å². The number of hydrogen-bond acceptors (Lipinski definition) is 1. The van der Waals surface area contributed by atoms with E-state index in [0.29, 0.717) is 6.42 Å². The molecule has 0 bridgehead atoms. The van der Waals surface area contributed by atoms with E-state index in [9.17, 15) is 4.79 Å². The fourth-order valence-electron chi connectivity index (χ4n) is 4.25. The van der Waals surface area contributed by atoms with Crippen LogP contribution in [-0.2, 0) is 23.2 Å². The summed E-state index contributed by atoms with van der Waals surface area (Å²) in [5.41, 5.74) is 4.15. The highest BCUT2D eigenvalue weighted by molar-refractivity contribution is 5.87. The van der Waals surface area contributed by atoms with E-state index in [2.05, 4.69) is 42.7 Å². The molecular weight excluding hydrogens is 284 g/mol. The quantitative estimate of drug-likeness (QED) is 0.783. The van der Waals surface area contributed by atoms with Gasteiger partial charge >= 0.3 is 0 Å². The van der Waals surface area contributed by atoms with E-state index in [-0.39, 0.29) is 11.3 Å². The maximum atomic E-state index is 12.5. The molecule has 0 saturated heterocycles. The summed E-state index contributed by atoms with van der Waals surface area (Å²) in [6, 6.07) is 8.73. The highest BCUT2D eigenvalue weighted by atomic mass is 16.2. The lowest BCUT2D eigenvalue weighted by atomic mass is 9.78. The number of hydrogen-bond donors (Lipinski definition) is 0. The SMILES string of the molecule is CCn1c2c(c3ccccc31)CCCCC2(C)CC(=O)N(C)C. The van der Waals surface area contributed by atoms with Gasteiger partial charge in [-0.1, -0.05) is 31.5 Å². The number of carbonyl (C=O) groups is 1. The van der Waals surface area contributed by atoms with E-state index in [4.69, 9.17) is 0 Å². The molecule has 0 aliphatic heterocycles. The number of benzene rings is 1. The molecule has 1 aromatic carbocycles. The molecule has 1 heterocycles. The lowest BCUT2D eigenvalue weighted by molar-refractivity contribution is -0.130. The van der Waals surface area contributed by atoms with E-state index in [1.807, 2.05) is 14.1 Å². The van der Waals surface area contributed by atoms with Crippen molar-refractivity contribution < 1.29 is 4.79 Å². The molecule has 0 spiro atoms. The van der Waals surface area contributed by atoms with Crippen LogP contribution in [0, 0.1) is 0 Å². The second-order valence-electron chi connectivity index (χ2n) is 7.32. The predicted octanol–water partition coefficient (Wildman–Crippen LogP) is 4.12. The van der Waals surface area contributed by atoms with Crippen LogP contribution in [0.1, 0.15) is 50.8 Å². The number of carbonyl (C=O) groups excluding carboxylic acids is 1. The van der Waals surface area contributed by atoms with E-state index in [1.54, 1.807) is 4.90 Å². The highest BCUT2D eigenvalue weighted by Gasteiger charge is 2.37. The van der Waals surface area contributed by atoms with E-state index in [0.717, 1.165) is 19.4 Å². The molecule has 23 heavy (non-hydrogen) atoms. The molecule has 1 unspecified atom stereocenters. The van der Waals surface area contributed by atoms with Gasteiger partial charge in [-0.3, -0.25) is 4.79 Å². The molecule has 1 aliphatic carbocycles. The van der Waals surface area contributed by atoms with Gasteiger partial charge in [-0.25, -0.2) is 0 Å². The van der Waals surface area contributed by atoms with E-state index < -0.39 is 0 Å². The third kappa shape index (κ3) is 2.66. The molecule has 3 rings (SSSR count). The van der Waals surface area contributed by atoms with Gasteiger partial charge < -0.3 is 9.47 Å². The van der Waals surface area contributed by atoms with Gasteiger partial charge in [-0.15, -0.1) is 0 Å². The number of rotatable bonds is 3. The molecule has 124 valence electrons. The Morgan fingerprint density at radius 2 is 2.00 bits per heavy atom. The van der Waals surface area contributed by atoms with Gasteiger partial charge in [0.25, 0.3) is 0 Å². The van der Waals surface area contributed by atoms with Crippen LogP contribution in [-0.4, -0.2) is 29.5 Å². The first-order valence-electron chi connectivity index (χ1n) is 8.78. The van der Waals surface area contributed by atoms with E-state index in [1.165, 1.54) is 35.0 Å². The number of nitrogens with zero attached hydrogens (tertiary/aromatic N) is 2. The number of aryl methyl sites for hydroxylation is 2. The van der Waals surface area contributed by atoms with Crippen LogP contribution in [0.5, 0.6) is 0 Å². The Hall–Kier alpha value is -1.77. The fraction of sp³-hybridized carbons (Fsp3) is 0.550. The zero-order chi connectivity index (χ0) is 16.6. The van der Waals surface area contributed by atoms with Crippen molar-refractivity contribution in [2.45, 2.75) is 57.9 Å². The minimum atomic E-state index is -0.0672. The Morgan fingerprint density at radius 3 is 2.70 bits per heavy atom. The van der Waals surface area contributed by atoms with Gasteiger partial charge in [-0.05, 0) is 37.8 Å². The largest absolute Gasteiger partial charge is 0.349 e. The Bertz CT molecular complexity index is 729. The van der Waals surface area contributed by atoms with Crippen molar-refractivity contribution in [3.05, 3.63) is 35.5 Å². The van der Waals surface area contributed by atoms with Gasteiger partial charge in [0, 0.05) is 49.1 Å². The van der Waals surface area contributed by atoms with E-state index >= 15 is 0 Å². The first-order chi connectivity index (χ1) is 11.0. The van der Waals surface area contributed by atoms with Gasteiger partial charge in [0.05, 0.1) is 0 Å². The second-order valence-corrected chi connectivity index (χ2v) is 7.32. The Labute approximate surface area is 139 Å². The van der Waals surface area contributed by atoms with Gasteiger partial charge in [-0.2, -0.15) is 0 Å². The maximum Gasteiger partial charge on any atom is 0.222 e. The molecule has 3 heteroatoms. The molecule has 0 radical (unpaired) electrons. The summed E-state index contributed by atoms with van der Waals surface area (Å²) in [5, 5.41) is 1.38. The van der Waals surface area contributed by atoms with Crippen LogP contribution in [0.25, 0.3) is 10.9 Å². The Morgan fingerprint density at radius 1 is 1.26 bits per heavy atom. The minimum absolute atomic E-state index is 0.0672. The van der Waals surface area contributed by atoms with Crippen molar-refractivity contribution in [2.75, 3.05) is 14.1 Å². The van der Waals surface area contributed by atoms with Crippen LogP contribution in [0.4, 0.5) is 0 Å². The van der Waals surface area contributed by atoms with Gasteiger partial charge in [0.2, 0.25) is 5.91 Å². The van der Waals surface area contributed by atoms with Crippen molar-refractivity contribution in [1.82, 2.24) is 9.47 Å². The number of para-hydroxylation sites is 1. The smallest absolute Gasteiger partial charge is 0.222 e. The number of amides is 1. The van der Waals surface area contributed by atoms with Crippen molar-refractivity contribution in [1.29, 1.82) is 0 Å². The van der Waals surface area contributed by atoms with Crippen LogP contribution < -0.4 is 0 Å². The summed E-state index contributed by atoms with van der Waals surface area (Å²) in [6.45, 7) is 5.47. The van der Waals surface area contributed by atoms with Gasteiger partial charge in [0.15, 0.2) is 0 Å². The molecule has 1 atom stereocenters. The van der Waals surface area contributed by atoms with Crippen LogP contribution >= 0.6 is 0 Å². The fourth-order valence-corrected chi connectivity index (χ4v) is 4.25. The normalized spacial score (nSPS) is 21.0. The molecule has 0 fully saturated rings. The lowest BCUT2D eigenvalue weighted by Crippen LogP contribution is -2.34. The summed E-state index contributed by atoms with van der Waals surface area (Å²) in [7, 11) is 3.72. The number of fused-ring (bicyclic) bond motifs is 3. The summed E-state index contributed by atoms with van der Waals surface area (Å²) in [4.78, 5) is 14.2. The molecule has 2 aromatic rings. The first kappa shape index (κ1) is 16.1. The standard InChI is InChI=1S/C20H28N2O/c1-5-22-17-12-7-6-10-15(17)16-11-8-9-13-20(2,19(16)22)14-18(23)21(3)4/h6-7,10,12H,5,8-9,11,13-14H2,1-4H3. The molecule has 1 aromatic heterocycles. The third-order valence-electron chi connectivity index (χ3n) is 5.41. The topological polar surface area (TPSA) is 25.2 Å². The average Bonchev–Trinajstić information content (AvgIpc) is 2.76. The minimum Gasteiger partial charge on any atom is -0.349 e. The Kier molecular flexibility index (Phi) is 4.22. The van der Waals surface area contributed by atoms with Crippen molar-refractivity contribution in [3.63, 3.8) is 0 Å². The third-order valence-corrected chi connectivity index (χ3v) is 5.41. The molecule has 1 amide bonds. The summed E-state index contributed by atoms with van der Waals surface area (Å²) in [5.74, 6) is 0.230. The second kappa shape index (κ2) is 6.03. The van der Waals surface area contributed by atoms with Crippen molar-refractivity contribution in [2.24, 2.45) is 0 Å². The summed E-state index contributed by atoms with van der Waals surface area (Å²) < 4.78 is 2.46. The summed E-state index contributed by atoms with van der Waals surface area (Å²) >= 11 is 0. The van der Waals surface area contributed by atoms with Crippen LogP contribution in [0.2, 0.25) is 0 Å². The predicted molar refractivity (Wildman–Crippen MR) is 95.8 cm³/mol. The van der Waals surface area contributed by atoms with Crippen LogP contribution in [0.3, 0.4) is 0 Å². The monoisotopic (exact) mass is 312 g/mol. The average molecular weight is 312 g/mol. The molecule has 3 nitrogen and oxygen atoms in total. The molecule has 0 saturated carbocycles. The van der Waals surface area contributed by atoms with Crippen LogP contribution in [0.15, 0.2) is 24.3 Å². The molecular formula is C20H28N2O. The maximum absolute atomic E-state index is 12.5. The molecule has 0 N–H and O–H groups in total. The molecule has 1 aliphatic rings. The highest BCUT2D eigenvalue weighted by Crippen LogP contribution is 2.43. The Balaban J connectivity index is 2.21. The van der Waals surface area contributed by atoms with Crippen molar-refractivity contribution >= 4 is 16.8 Å². The number of aromatic nitrogens is 1.